The molecular formula is C61H100O25. The molecule has 0 radical (unpaired) electrons. The first-order valence-electron chi connectivity index (χ1n) is 31.4. The molecule has 0 amide bonds. The van der Waals surface area contributed by atoms with E-state index in [9.17, 15) is 45.6 Å². The highest BCUT2D eigenvalue weighted by atomic mass is 16.8. The first-order valence-corrected chi connectivity index (χ1v) is 31.4. The number of hydrogen-bond acceptors (Lipinski definition) is 25. The molecule has 6 heterocycles. The zero-order valence-electron chi connectivity index (χ0n) is 52.0. The minimum absolute atomic E-state index is 0.0732. The molecule has 4 aliphatic carbocycles. The molecule has 3 saturated carbocycles. The maximum Gasteiger partial charge on any atom is 0.187 e. The average Bonchev–Trinajstić information content (AvgIpc) is 1.31. The van der Waals surface area contributed by atoms with Crippen LogP contribution in [-0.4, -0.2) is 259 Å². The second kappa shape index (κ2) is 26.8. The molecule has 494 valence electrons. The van der Waals surface area contributed by atoms with E-state index in [-0.39, 0.29) is 44.0 Å². The third-order valence-corrected chi connectivity index (χ3v) is 22.0. The summed E-state index contributed by atoms with van der Waals surface area (Å²) in [5.74, 6) is -1.01. The maximum atomic E-state index is 12.8. The molecule has 8 N–H and O–H groups in total. The molecule has 33 atom stereocenters. The molecule has 0 aromatic rings. The largest absolute Gasteiger partial charge is 0.394 e. The Labute approximate surface area is 504 Å². The van der Waals surface area contributed by atoms with E-state index in [1.807, 2.05) is 27.7 Å². The fourth-order valence-corrected chi connectivity index (χ4v) is 17.0. The van der Waals surface area contributed by atoms with Crippen LogP contribution in [0.3, 0.4) is 0 Å². The monoisotopic (exact) mass is 1230 g/mol. The molecule has 0 aromatic carbocycles. The molecule has 6 aliphatic heterocycles. The van der Waals surface area contributed by atoms with E-state index in [0.29, 0.717) is 44.9 Å². The van der Waals surface area contributed by atoms with E-state index in [4.69, 9.17) is 75.8 Å². The summed E-state index contributed by atoms with van der Waals surface area (Å²) in [6.45, 7) is 14.1. The number of carbonyl (C=O) groups is 1. The number of hydrogen-bond donors (Lipinski definition) is 8. The number of Topliss-reactive ketones (excluding diaryl/α,β-unsaturated/α-hetero) is 1. The van der Waals surface area contributed by atoms with Crippen LogP contribution >= 0.6 is 0 Å². The number of methoxy groups -OCH3 is 4. The van der Waals surface area contributed by atoms with Crippen molar-refractivity contribution in [1.29, 1.82) is 0 Å². The van der Waals surface area contributed by atoms with Crippen molar-refractivity contribution in [2.24, 2.45) is 22.7 Å². The summed E-state index contributed by atoms with van der Waals surface area (Å²) >= 11 is 0. The van der Waals surface area contributed by atoms with Crippen LogP contribution in [0.5, 0.6) is 0 Å². The fraction of sp³-hybridized carbons (Fsp3) is 0.951. The van der Waals surface area contributed by atoms with Crippen LogP contribution in [0.25, 0.3) is 0 Å². The van der Waals surface area contributed by atoms with Gasteiger partial charge in [-0.15, -0.1) is 0 Å². The quantitative estimate of drug-likeness (QED) is 0.0903. The lowest BCUT2D eigenvalue weighted by Gasteiger charge is -2.66. The molecule has 0 spiro atoms. The highest BCUT2D eigenvalue weighted by Crippen LogP contribution is 2.69. The van der Waals surface area contributed by atoms with Gasteiger partial charge in [-0.2, -0.15) is 0 Å². The van der Waals surface area contributed by atoms with Crippen molar-refractivity contribution in [2.75, 3.05) is 35.0 Å². The van der Waals surface area contributed by atoms with Gasteiger partial charge in [-0.1, -0.05) is 25.5 Å². The molecule has 10 aliphatic rings. The van der Waals surface area contributed by atoms with Crippen LogP contribution in [-0.2, 0) is 80.6 Å². The SMILES string of the molecule is CO[C@H]1C[C@H](O[C@@H]2[C@@H](C)O[C@@H](O[C@@H]3[C@@H](C)O[C@@H](O[C@H]4[C@H](O)C[C@H](O[C@H]5CC[C@@]6(C)C(=CC[C@]7(O)[C@@H]6C[C@@H](O)[C@]6(C)[C@@H](C(C)=O)CC[C@@]67O)C5)O[C@@H]4C)C[C@H]3OC)C[C@H]2OC)O[C@H](C)[C@H]1O[C@H]1C[C@@H](OC)[C@H](O[C@@H]2O[C@H](CO)[C@@H](O)[C@H](O)[C@H]2O)[C@@H](C)O1. The molecule has 25 nitrogen and oxygen atoms in total. The van der Waals surface area contributed by atoms with Crippen molar-refractivity contribution in [2.45, 2.75) is 310 Å². The zero-order chi connectivity index (χ0) is 62.1. The van der Waals surface area contributed by atoms with Crippen LogP contribution in [0.4, 0.5) is 0 Å². The molecule has 9 fully saturated rings. The lowest BCUT2D eigenvalue weighted by atomic mass is 9.43. The van der Waals surface area contributed by atoms with Gasteiger partial charge in [0.25, 0.3) is 0 Å². The van der Waals surface area contributed by atoms with Gasteiger partial charge in [0.05, 0.1) is 79.9 Å². The van der Waals surface area contributed by atoms with E-state index in [0.717, 1.165) is 5.57 Å². The van der Waals surface area contributed by atoms with Crippen LogP contribution in [0, 0.1) is 22.7 Å². The van der Waals surface area contributed by atoms with Crippen LogP contribution in [0.15, 0.2) is 11.6 Å². The van der Waals surface area contributed by atoms with Gasteiger partial charge in [0.15, 0.2) is 37.7 Å². The van der Waals surface area contributed by atoms with Crippen molar-refractivity contribution in [3.8, 4) is 0 Å². The number of aliphatic hydroxyl groups is 8. The highest BCUT2D eigenvalue weighted by molar-refractivity contribution is 5.80. The summed E-state index contributed by atoms with van der Waals surface area (Å²) in [5, 5.41) is 89.2. The number of fused-ring (bicyclic) bond motifs is 5. The smallest absolute Gasteiger partial charge is 0.187 e. The summed E-state index contributed by atoms with van der Waals surface area (Å²) < 4.78 is 100. The maximum absolute atomic E-state index is 12.8. The lowest BCUT2D eigenvalue weighted by molar-refractivity contribution is -0.359. The second-order valence-electron chi connectivity index (χ2n) is 26.8. The summed E-state index contributed by atoms with van der Waals surface area (Å²) in [6.07, 6.45) is -14.6. The van der Waals surface area contributed by atoms with E-state index in [1.54, 1.807) is 35.2 Å². The van der Waals surface area contributed by atoms with Crippen molar-refractivity contribution in [3.05, 3.63) is 11.6 Å². The minimum atomic E-state index is -1.62. The topological polar surface area (TPSA) is 327 Å². The second-order valence-corrected chi connectivity index (χ2v) is 26.8. The third-order valence-electron chi connectivity index (χ3n) is 22.0. The highest BCUT2D eigenvalue weighted by Gasteiger charge is 2.76. The van der Waals surface area contributed by atoms with Gasteiger partial charge in [0.1, 0.15) is 71.9 Å². The number of aliphatic hydroxyl groups excluding tert-OH is 6. The molecule has 10 rings (SSSR count). The van der Waals surface area contributed by atoms with E-state index >= 15 is 0 Å². The molecule has 6 saturated heterocycles. The van der Waals surface area contributed by atoms with Gasteiger partial charge in [0.2, 0.25) is 0 Å². The lowest BCUT2D eigenvalue weighted by Crippen LogP contribution is -2.75. The van der Waals surface area contributed by atoms with Gasteiger partial charge in [-0.3, -0.25) is 4.79 Å². The first kappa shape index (κ1) is 67.3. The molecular weight excluding hydrogens is 1130 g/mol. The zero-order valence-corrected chi connectivity index (χ0v) is 52.0. The van der Waals surface area contributed by atoms with Crippen molar-refractivity contribution < 1.29 is 121 Å². The number of ketones is 1. The molecule has 0 unspecified atom stereocenters. The van der Waals surface area contributed by atoms with E-state index in [2.05, 4.69) is 13.0 Å². The standard InChI is InChI=1S/C61H100O25/c1-27(63)35-15-18-61(70)59(35,8)43(65)25-42-58(7)16-14-34(19-33(58)13-17-60(42,61)69)80-44-20-36(64)52(28(2)75-44)82-45-21-37(71-9)53(29(3)76-45)83-46-22-38(72-10)54(30(4)77-46)84-47-23-39(73-11)55(31(5)78-47)85-48-24-40(74-12)56(32(6)79-48)86-57-51(68)50(67)49(66)41(26-62)81-57/h13,28-32,34-57,62,64-70H,14-26H2,1-12H3/t28-,29-,30-,31-,32-,34+,35-,36-,37-,38-,39+,40-,41-,42-,43-,44+,45+,46+,47+,48+,49-,50+,51-,52-,53-,54-,55-,56-,57+,58+,59+,60+,61-/m1/s1. The number of carbonyl (C=O) groups excluding carboxylic acids is 1. The van der Waals surface area contributed by atoms with E-state index < -0.39 is 200 Å². The summed E-state index contributed by atoms with van der Waals surface area (Å²) in [5.41, 5.74) is -3.64. The third kappa shape index (κ3) is 12.4. The predicted octanol–water partition coefficient (Wildman–Crippen LogP) is 1.56. The van der Waals surface area contributed by atoms with Gasteiger partial charge >= 0.3 is 0 Å². The molecule has 0 aromatic heterocycles. The minimum Gasteiger partial charge on any atom is -0.394 e. The summed E-state index contributed by atoms with van der Waals surface area (Å²) in [4.78, 5) is 12.8. The van der Waals surface area contributed by atoms with Crippen molar-refractivity contribution in [3.63, 3.8) is 0 Å². The van der Waals surface area contributed by atoms with Crippen LogP contribution in [0.1, 0.15) is 132 Å². The number of ether oxygens (including phenoxy) is 16. The Balaban J connectivity index is 0.677. The Morgan fingerprint density at radius 1 is 0.558 bits per heavy atom. The Morgan fingerprint density at radius 2 is 1.00 bits per heavy atom. The summed E-state index contributed by atoms with van der Waals surface area (Å²) in [7, 11) is 6.32. The number of rotatable bonds is 18. The average molecular weight is 1230 g/mol. The molecule has 25 heteroatoms. The van der Waals surface area contributed by atoms with Crippen LogP contribution in [0.2, 0.25) is 0 Å². The van der Waals surface area contributed by atoms with Gasteiger partial charge in [-0.05, 0) is 91.9 Å². The van der Waals surface area contributed by atoms with Crippen LogP contribution < -0.4 is 0 Å². The Kier molecular flexibility index (Phi) is 21.0. The van der Waals surface area contributed by atoms with Crippen molar-refractivity contribution >= 4 is 5.78 Å². The van der Waals surface area contributed by atoms with E-state index in [1.165, 1.54) is 14.0 Å². The molecule has 0 bridgehead atoms. The van der Waals surface area contributed by atoms with Gasteiger partial charge < -0.3 is 117 Å². The van der Waals surface area contributed by atoms with Gasteiger partial charge in [0, 0.05) is 77.8 Å². The van der Waals surface area contributed by atoms with Crippen molar-refractivity contribution in [1.82, 2.24) is 0 Å². The first-order chi connectivity index (χ1) is 40.7. The fourth-order valence-electron chi connectivity index (χ4n) is 17.0. The summed E-state index contributed by atoms with van der Waals surface area (Å²) in [6, 6.07) is 0. The Morgan fingerprint density at radius 3 is 1.44 bits per heavy atom. The normalized spacial score (nSPS) is 53.4. The van der Waals surface area contributed by atoms with Gasteiger partial charge in [-0.25, -0.2) is 0 Å². The molecule has 86 heavy (non-hydrogen) atoms. The Bertz CT molecular complexity index is 2290. The Hall–Kier alpha value is -1.55. The predicted molar refractivity (Wildman–Crippen MR) is 297 cm³/mol.